The molecule has 0 saturated heterocycles. The summed E-state index contributed by atoms with van der Waals surface area (Å²) in [6.45, 7) is 2.00. The Morgan fingerprint density at radius 3 is 2.76 bits per heavy atom. The van der Waals surface area contributed by atoms with Gasteiger partial charge in [-0.1, -0.05) is 29.3 Å². The maximum Gasteiger partial charge on any atom is 0.130 e. The fourth-order valence-electron chi connectivity index (χ4n) is 1.35. The standard InChI is InChI=1S/C12H9BrCl2N2/c1-7-5-11(16-6-8(7)13)17-10-4-2-3-9(14)12(10)15/h2-6H,1H3,(H,16,17). The molecule has 0 spiro atoms. The van der Waals surface area contributed by atoms with Crippen molar-refractivity contribution in [2.75, 3.05) is 5.32 Å². The second-order valence-corrected chi connectivity index (χ2v) is 5.18. The molecular formula is C12H9BrCl2N2. The van der Waals surface area contributed by atoms with Crippen molar-refractivity contribution in [3.05, 3.63) is 50.5 Å². The molecule has 88 valence electrons. The number of rotatable bonds is 2. The zero-order valence-corrected chi connectivity index (χ0v) is 12.1. The van der Waals surface area contributed by atoms with Gasteiger partial charge in [-0.15, -0.1) is 0 Å². The molecule has 1 aromatic carbocycles. The smallest absolute Gasteiger partial charge is 0.130 e. The lowest BCUT2D eigenvalue weighted by atomic mass is 10.3. The van der Waals surface area contributed by atoms with E-state index >= 15 is 0 Å². The van der Waals surface area contributed by atoms with Crippen LogP contribution < -0.4 is 5.32 Å². The van der Waals surface area contributed by atoms with Gasteiger partial charge in [0.05, 0.1) is 15.7 Å². The van der Waals surface area contributed by atoms with E-state index in [-0.39, 0.29) is 0 Å². The highest BCUT2D eigenvalue weighted by Gasteiger charge is 2.05. The Bertz CT molecular complexity index is 558. The predicted octanol–water partition coefficient (Wildman–Crippen LogP) is 5.20. The lowest BCUT2D eigenvalue weighted by Gasteiger charge is -2.09. The molecule has 5 heteroatoms. The summed E-state index contributed by atoms with van der Waals surface area (Å²) in [5, 5.41) is 4.15. The normalized spacial score (nSPS) is 10.4. The predicted molar refractivity (Wildman–Crippen MR) is 76.4 cm³/mol. The zero-order valence-electron chi connectivity index (χ0n) is 8.97. The maximum atomic E-state index is 6.08. The van der Waals surface area contributed by atoms with Gasteiger partial charge in [-0.05, 0) is 46.6 Å². The number of aryl methyl sites for hydroxylation is 1. The van der Waals surface area contributed by atoms with E-state index in [9.17, 15) is 0 Å². The minimum atomic E-state index is 0.497. The third-order valence-electron chi connectivity index (χ3n) is 2.26. The van der Waals surface area contributed by atoms with Crippen molar-refractivity contribution in [3.8, 4) is 0 Å². The van der Waals surface area contributed by atoms with Gasteiger partial charge in [0, 0.05) is 10.7 Å². The molecule has 0 aliphatic rings. The zero-order chi connectivity index (χ0) is 12.4. The first kappa shape index (κ1) is 12.7. The van der Waals surface area contributed by atoms with Gasteiger partial charge in [0.25, 0.3) is 0 Å². The van der Waals surface area contributed by atoms with Crippen LogP contribution in [0.5, 0.6) is 0 Å². The van der Waals surface area contributed by atoms with Crippen molar-refractivity contribution in [3.63, 3.8) is 0 Å². The Balaban J connectivity index is 2.31. The third kappa shape index (κ3) is 2.92. The lowest BCUT2D eigenvalue weighted by Crippen LogP contribution is -1.95. The monoisotopic (exact) mass is 330 g/mol. The number of aromatic nitrogens is 1. The first-order valence-electron chi connectivity index (χ1n) is 4.91. The number of nitrogens with zero attached hydrogens (tertiary/aromatic N) is 1. The van der Waals surface area contributed by atoms with E-state index in [1.54, 1.807) is 12.3 Å². The van der Waals surface area contributed by atoms with Gasteiger partial charge < -0.3 is 5.32 Å². The van der Waals surface area contributed by atoms with Crippen LogP contribution in [0.4, 0.5) is 11.5 Å². The number of benzene rings is 1. The number of hydrogen-bond donors (Lipinski definition) is 1. The molecule has 0 fully saturated rings. The van der Waals surface area contributed by atoms with Crippen molar-refractivity contribution < 1.29 is 0 Å². The largest absolute Gasteiger partial charge is 0.339 e. The molecule has 0 radical (unpaired) electrons. The minimum absolute atomic E-state index is 0.497. The topological polar surface area (TPSA) is 24.9 Å². The summed E-state index contributed by atoms with van der Waals surface area (Å²) in [6, 6.07) is 7.37. The van der Waals surface area contributed by atoms with Gasteiger partial charge in [-0.3, -0.25) is 0 Å². The molecular weight excluding hydrogens is 323 g/mol. The quantitative estimate of drug-likeness (QED) is 0.817. The Morgan fingerprint density at radius 2 is 2.06 bits per heavy atom. The van der Waals surface area contributed by atoms with Crippen molar-refractivity contribution in [2.24, 2.45) is 0 Å². The summed E-state index contributed by atoms with van der Waals surface area (Å²) in [4.78, 5) is 4.25. The van der Waals surface area contributed by atoms with Crippen LogP contribution in [-0.2, 0) is 0 Å². The molecule has 1 aromatic heterocycles. The Morgan fingerprint density at radius 1 is 1.29 bits per heavy atom. The van der Waals surface area contributed by atoms with Crippen LogP contribution in [-0.4, -0.2) is 4.98 Å². The molecule has 2 nitrogen and oxygen atoms in total. The van der Waals surface area contributed by atoms with E-state index in [1.165, 1.54) is 0 Å². The summed E-state index contributed by atoms with van der Waals surface area (Å²) >= 11 is 15.4. The van der Waals surface area contributed by atoms with Crippen LogP contribution >= 0.6 is 39.1 Å². The molecule has 17 heavy (non-hydrogen) atoms. The van der Waals surface area contributed by atoms with Crippen LogP contribution in [0.15, 0.2) is 34.9 Å². The molecule has 0 aliphatic heterocycles. The molecule has 0 amide bonds. The van der Waals surface area contributed by atoms with Crippen LogP contribution in [0.1, 0.15) is 5.56 Å². The van der Waals surface area contributed by atoms with E-state index in [4.69, 9.17) is 23.2 Å². The second-order valence-electron chi connectivity index (χ2n) is 3.55. The Kier molecular flexibility index (Phi) is 3.92. The summed E-state index contributed by atoms with van der Waals surface area (Å²) < 4.78 is 0.972. The fraction of sp³-hybridized carbons (Fsp3) is 0.0833. The van der Waals surface area contributed by atoms with Crippen LogP contribution in [0.3, 0.4) is 0 Å². The second kappa shape index (κ2) is 5.25. The molecule has 0 bridgehead atoms. The molecule has 0 aliphatic carbocycles. The van der Waals surface area contributed by atoms with Gasteiger partial charge in [0.2, 0.25) is 0 Å². The highest BCUT2D eigenvalue weighted by atomic mass is 79.9. The van der Waals surface area contributed by atoms with E-state index in [0.29, 0.717) is 10.0 Å². The number of nitrogens with one attached hydrogen (secondary N) is 1. The molecule has 0 atom stereocenters. The van der Waals surface area contributed by atoms with Gasteiger partial charge in [0.1, 0.15) is 5.82 Å². The number of halogens is 3. The summed E-state index contributed by atoms with van der Waals surface area (Å²) in [5.74, 6) is 0.731. The van der Waals surface area contributed by atoms with Gasteiger partial charge in [-0.25, -0.2) is 4.98 Å². The van der Waals surface area contributed by atoms with Gasteiger partial charge >= 0.3 is 0 Å². The summed E-state index contributed by atoms with van der Waals surface area (Å²) in [6.07, 6.45) is 1.75. The van der Waals surface area contributed by atoms with E-state index in [1.807, 2.05) is 25.1 Å². The molecule has 1 N–H and O–H groups in total. The first-order chi connectivity index (χ1) is 8.08. The highest BCUT2D eigenvalue weighted by Crippen LogP contribution is 2.31. The van der Waals surface area contributed by atoms with E-state index < -0.39 is 0 Å². The van der Waals surface area contributed by atoms with Crippen molar-refractivity contribution >= 4 is 50.6 Å². The number of pyridine rings is 1. The summed E-state index contributed by atoms with van der Waals surface area (Å²) in [5.41, 5.74) is 1.84. The van der Waals surface area contributed by atoms with Crippen molar-refractivity contribution in [2.45, 2.75) is 6.92 Å². The van der Waals surface area contributed by atoms with Gasteiger partial charge in [0.15, 0.2) is 0 Å². The average molecular weight is 332 g/mol. The van der Waals surface area contributed by atoms with E-state index in [0.717, 1.165) is 21.5 Å². The van der Waals surface area contributed by atoms with Crippen LogP contribution in [0.2, 0.25) is 10.0 Å². The fourth-order valence-corrected chi connectivity index (χ4v) is 1.91. The van der Waals surface area contributed by atoms with Gasteiger partial charge in [-0.2, -0.15) is 0 Å². The Hall–Kier alpha value is -0.770. The van der Waals surface area contributed by atoms with Crippen LogP contribution in [0, 0.1) is 6.92 Å². The maximum absolute atomic E-state index is 6.08. The van der Waals surface area contributed by atoms with Crippen molar-refractivity contribution in [1.29, 1.82) is 0 Å². The highest BCUT2D eigenvalue weighted by molar-refractivity contribution is 9.10. The average Bonchev–Trinajstić information content (AvgIpc) is 2.30. The minimum Gasteiger partial charge on any atom is -0.339 e. The number of anilines is 2. The number of hydrogen-bond acceptors (Lipinski definition) is 2. The summed E-state index contributed by atoms with van der Waals surface area (Å²) in [7, 11) is 0. The Labute approximate surface area is 118 Å². The molecule has 2 rings (SSSR count). The van der Waals surface area contributed by atoms with E-state index in [2.05, 4.69) is 26.2 Å². The molecule has 0 saturated carbocycles. The third-order valence-corrected chi connectivity index (χ3v) is 3.91. The molecule has 0 unspecified atom stereocenters. The molecule has 2 aromatic rings. The first-order valence-corrected chi connectivity index (χ1v) is 6.46. The SMILES string of the molecule is Cc1cc(Nc2cccc(Cl)c2Cl)ncc1Br. The molecule has 1 heterocycles. The lowest BCUT2D eigenvalue weighted by molar-refractivity contribution is 1.25. The van der Waals surface area contributed by atoms with Crippen LogP contribution in [0.25, 0.3) is 0 Å². The van der Waals surface area contributed by atoms with Crippen molar-refractivity contribution in [1.82, 2.24) is 4.98 Å².